The Hall–Kier alpha value is -2.50. The van der Waals surface area contributed by atoms with Gasteiger partial charge in [-0.05, 0) is 42.5 Å². The van der Waals surface area contributed by atoms with Gasteiger partial charge in [0, 0.05) is 36.1 Å². The van der Waals surface area contributed by atoms with Crippen molar-refractivity contribution in [3.05, 3.63) is 59.8 Å². The van der Waals surface area contributed by atoms with Crippen LogP contribution in [0.3, 0.4) is 0 Å². The van der Waals surface area contributed by atoms with Crippen LogP contribution in [0.15, 0.2) is 48.7 Å². The Bertz CT molecular complexity index is 1420. The fourth-order valence-corrected chi connectivity index (χ4v) is 5.26. The molecule has 3 aromatic heterocycles. The molecule has 37 heavy (non-hydrogen) atoms. The summed E-state index contributed by atoms with van der Waals surface area (Å²) in [5, 5.41) is 19.3. The summed E-state index contributed by atoms with van der Waals surface area (Å²) in [7, 11) is 0. The second-order valence-electron chi connectivity index (χ2n) is 9.71. The van der Waals surface area contributed by atoms with Gasteiger partial charge in [-0.2, -0.15) is 13.2 Å². The van der Waals surface area contributed by atoms with Crippen LogP contribution in [0.4, 0.5) is 13.2 Å². The van der Waals surface area contributed by atoms with Crippen LogP contribution < -0.4 is 5.73 Å². The van der Waals surface area contributed by atoms with Crippen molar-refractivity contribution in [2.45, 2.75) is 42.9 Å². The molecule has 1 saturated heterocycles. The van der Waals surface area contributed by atoms with Gasteiger partial charge in [0.05, 0.1) is 12.1 Å². The number of pyridine rings is 2. The molecule has 0 bridgehead atoms. The van der Waals surface area contributed by atoms with Crippen LogP contribution >= 0.6 is 24.8 Å². The lowest BCUT2D eigenvalue weighted by molar-refractivity contribution is -0.183. The summed E-state index contributed by atoms with van der Waals surface area (Å²) in [6.07, 6.45) is -0.674. The molecular formula is C25H27Cl2F3N6O. The predicted molar refractivity (Wildman–Crippen MR) is 139 cm³/mol. The molecule has 2 atom stereocenters. The van der Waals surface area contributed by atoms with Gasteiger partial charge in [0.2, 0.25) is 0 Å². The summed E-state index contributed by atoms with van der Waals surface area (Å²) < 4.78 is 44.0. The lowest BCUT2D eigenvalue weighted by Crippen LogP contribution is -2.38. The number of aromatic nitrogens is 4. The Morgan fingerprint density at radius 3 is 2.51 bits per heavy atom. The first-order valence-electron chi connectivity index (χ1n) is 11.7. The van der Waals surface area contributed by atoms with Crippen molar-refractivity contribution < 1.29 is 18.3 Å². The molecular weight excluding hydrogens is 528 g/mol. The van der Waals surface area contributed by atoms with Crippen LogP contribution in [0, 0.1) is 0 Å². The molecule has 2 aliphatic rings. The van der Waals surface area contributed by atoms with Crippen LogP contribution in [0.1, 0.15) is 36.4 Å². The Labute approximate surface area is 223 Å². The highest BCUT2D eigenvalue weighted by atomic mass is 35.5. The van der Waals surface area contributed by atoms with Crippen LogP contribution in [0.25, 0.3) is 28.1 Å². The van der Waals surface area contributed by atoms with Crippen molar-refractivity contribution in [3.63, 3.8) is 0 Å². The number of hydrogen-bond acceptors (Lipinski definition) is 6. The van der Waals surface area contributed by atoms with E-state index in [9.17, 15) is 18.3 Å². The largest absolute Gasteiger partial charge is 0.408 e. The first kappa shape index (κ1) is 27.5. The van der Waals surface area contributed by atoms with E-state index in [1.807, 2.05) is 24.3 Å². The first-order chi connectivity index (χ1) is 16.8. The second-order valence-corrected chi connectivity index (χ2v) is 9.71. The molecule has 4 aromatic rings. The van der Waals surface area contributed by atoms with Gasteiger partial charge in [-0.15, -0.1) is 35.0 Å². The molecule has 6 rings (SSSR count). The number of nitrogens with two attached hydrogens (primary N) is 1. The van der Waals surface area contributed by atoms with Gasteiger partial charge >= 0.3 is 6.18 Å². The summed E-state index contributed by atoms with van der Waals surface area (Å²) in [5.74, 6) is 0.367. The first-order valence-corrected chi connectivity index (χ1v) is 11.7. The molecule has 3 N–H and O–H groups in total. The lowest BCUT2D eigenvalue weighted by Gasteiger charge is -2.30. The molecule has 1 aromatic carbocycles. The fraction of sp³-hybridized carbons (Fsp3) is 0.400. The van der Waals surface area contributed by atoms with Crippen molar-refractivity contribution >= 4 is 41.4 Å². The van der Waals surface area contributed by atoms with Gasteiger partial charge in [-0.25, -0.2) is 4.98 Å². The maximum atomic E-state index is 14.1. The third-order valence-electron chi connectivity index (χ3n) is 7.35. The number of rotatable bonds is 5. The zero-order valence-electron chi connectivity index (χ0n) is 19.7. The zero-order valence-corrected chi connectivity index (χ0v) is 21.4. The van der Waals surface area contributed by atoms with Gasteiger partial charge < -0.3 is 10.8 Å². The molecule has 198 valence electrons. The smallest absolute Gasteiger partial charge is 0.395 e. The molecule has 0 amide bonds. The van der Waals surface area contributed by atoms with Crippen molar-refractivity contribution in [2.24, 2.45) is 5.73 Å². The van der Waals surface area contributed by atoms with Crippen molar-refractivity contribution in [1.29, 1.82) is 0 Å². The van der Waals surface area contributed by atoms with E-state index in [4.69, 9.17) is 10.7 Å². The number of aliphatic hydroxyl groups is 1. The summed E-state index contributed by atoms with van der Waals surface area (Å²) in [6.45, 7) is 0.535. The van der Waals surface area contributed by atoms with E-state index >= 15 is 0 Å². The van der Waals surface area contributed by atoms with Crippen LogP contribution in [-0.2, 0) is 5.41 Å². The quantitative estimate of drug-likeness (QED) is 0.378. The summed E-state index contributed by atoms with van der Waals surface area (Å²) in [4.78, 5) is 6.24. The molecule has 1 aliphatic carbocycles. The lowest BCUT2D eigenvalue weighted by atomic mass is 9.94. The third-order valence-corrected chi connectivity index (χ3v) is 7.35. The minimum Gasteiger partial charge on any atom is -0.395 e. The van der Waals surface area contributed by atoms with Crippen molar-refractivity contribution in [3.8, 4) is 11.5 Å². The molecule has 0 spiro atoms. The SMILES string of the molecule is Cl.Cl.NC1CCN([C@H](c2ccc3nnc(-c4ccc5cccc(C6(CO)CC6)c5n4)n3c2)C(F)(F)F)C1. The molecule has 4 heterocycles. The normalized spacial score (nSPS) is 20.0. The topological polar surface area (TPSA) is 92.6 Å². The van der Waals surface area contributed by atoms with Gasteiger partial charge in [0.15, 0.2) is 11.5 Å². The fourth-order valence-electron chi connectivity index (χ4n) is 5.26. The van der Waals surface area contributed by atoms with Gasteiger partial charge in [0.1, 0.15) is 11.7 Å². The van der Waals surface area contributed by atoms with Gasteiger partial charge in [-0.1, -0.05) is 30.3 Å². The highest BCUT2D eigenvalue weighted by Gasteiger charge is 2.47. The Morgan fingerprint density at radius 2 is 1.86 bits per heavy atom. The summed E-state index contributed by atoms with van der Waals surface area (Å²) >= 11 is 0. The number of nitrogens with zero attached hydrogens (tertiary/aromatic N) is 5. The molecule has 12 heteroatoms. The van der Waals surface area contributed by atoms with E-state index in [0.29, 0.717) is 30.1 Å². The second kappa shape index (κ2) is 9.99. The van der Waals surface area contributed by atoms with E-state index in [1.54, 1.807) is 16.5 Å². The number of likely N-dealkylation sites (tertiary alicyclic amines) is 1. The van der Waals surface area contributed by atoms with Gasteiger partial charge in [0.25, 0.3) is 0 Å². The van der Waals surface area contributed by atoms with E-state index < -0.39 is 12.2 Å². The Morgan fingerprint density at radius 1 is 1.08 bits per heavy atom. The number of hydrogen-bond donors (Lipinski definition) is 2. The maximum absolute atomic E-state index is 14.1. The molecule has 2 fully saturated rings. The average Bonchev–Trinajstić information content (AvgIpc) is 3.35. The van der Waals surface area contributed by atoms with Crippen LogP contribution in [-0.4, -0.2) is 61.5 Å². The van der Waals surface area contributed by atoms with Crippen LogP contribution in [0.5, 0.6) is 0 Å². The number of alkyl halides is 3. The van der Waals surface area contributed by atoms with E-state index in [1.165, 1.54) is 17.2 Å². The highest BCUT2D eigenvalue weighted by Crippen LogP contribution is 2.49. The predicted octanol–water partition coefficient (Wildman–Crippen LogP) is 4.45. The van der Waals surface area contributed by atoms with Crippen LogP contribution in [0.2, 0.25) is 0 Å². The third kappa shape index (κ3) is 4.77. The Kier molecular flexibility index (Phi) is 7.44. The van der Waals surface area contributed by atoms with Crippen molar-refractivity contribution in [1.82, 2.24) is 24.5 Å². The Balaban J connectivity index is 0.00000160. The van der Waals surface area contributed by atoms with E-state index in [2.05, 4.69) is 10.2 Å². The zero-order chi connectivity index (χ0) is 24.4. The summed E-state index contributed by atoms with van der Waals surface area (Å²) in [5.41, 5.74) is 8.43. The van der Waals surface area contributed by atoms with E-state index in [0.717, 1.165) is 29.3 Å². The molecule has 1 unspecified atom stereocenters. The molecule has 1 saturated carbocycles. The number of aliphatic hydroxyl groups excluding tert-OH is 1. The average molecular weight is 555 g/mol. The summed E-state index contributed by atoms with van der Waals surface area (Å²) in [6, 6.07) is 10.6. The molecule has 7 nitrogen and oxygen atoms in total. The molecule has 0 radical (unpaired) electrons. The number of fused-ring (bicyclic) bond motifs is 2. The number of benzene rings is 1. The minimum atomic E-state index is -4.45. The maximum Gasteiger partial charge on any atom is 0.408 e. The van der Waals surface area contributed by atoms with Gasteiger partial charge in [-0.3, -0.25) is 9.30 Å². The number of halogens is 5. The number of para-hydroxylation sites is 1. The molecule has 1 aliphatic heterocycles. The van der Waals surface area contributed by atoms with E-state index in [-0.39, 0.29) is 55.0 Å². The monoisotopic (exact) mass is 554 g/mol. The highest BCUT2D eigenvalue weighted by molar-refractivity contribution is 5.86. The standard InChI is InChI=1S/C25H25F3N6O.2ClH/c26-25(27,28)22(33-11-8-17(29)13-33)16-5-7-20-31-32-23(34(20)12-16)19-6-4-15-2-1-3-18(21(15)30-19)24(14-35)9-10-24;;/h1-7,12,17,22,35H,8-11,13-14,29H2;2*1H/t17?,22-;;/m1../s1. The van der Waals surface area contributed by atoms with Crippen molar-refractivity contribution in [2.75, 3.05) is 19.7 Å². The minimum absolute atomic E-state index is 0.